The van der Waals surface area contributed by atoms with E-state index in [0.29, 0.717) is 6.61 Å². The van der Waals surface area contributed by atoms with Crippen LogP contribution in [-0.2, 0) is 14.4 Å². The number of amides is 2. The molecule has 0 radical (unpaired) electrons. The average Bonchev–Trinajstić information content (AvgIpc) is 2.11. The van der Waals surface area contributed by atoms with E-state index >= 15 is 0 Å². The van der Waals surface area contributed by atoms with E-state index in [4.69, 9.17) is 15.3 Å². The van der Waals surface area contributed by atoms with Gasteiger partial charge in [-0.05, 0) is 34.6 Å². The summed E-state index contributed by atoms with van der Waals surface area (Å²) in [6, 6.07) is 0. The minimum absolute atomic E-state index is 0.318. The zero-order chi connectivity index (χ0) is 13.7. The van der Waals surface area contributed by atoms with Crippen LogP contribution >= 0.6 is 0 Å². The van der Waals surface area contributed by atoms with Crippen molar-refractivity contribution in [3.05, 3.63) is 0 Å². The summed E-state index contributed by atoms with van der Waals surface area (Å²) in [6.07, 6.45) is -0.758. The van der Waals surface area contributed by atoms with Crippen molar-refractivity contribution in [3.8, 4) is 0 Å². The van der Waals surface area contributed by atoms with Gasteiger partial charge in [-0.25, -0.2) is 4.79 Å². The summed E-state index contributed by atoms with van der Waals surface area (Å²) in [4.78, 5) is 27.6. The number of nitrogens with one attached hydrogen (secondary N) is 2. The molecule has 0 unspecified atom stereocenters. The average molecular weight is 247 g/mol. The van der Waals surface area contributed by atoms with E-state index in [1.165, 1.54) is 6.92 Å². The molecule has 0 aliphatic heterocycles. The molecule has 0 aliphatic rings. The Hall–Kier alpha value is -1.34. The van der Waals surface area contributed by atoms with E-state index in [1.54, 1.807) is 27.7 Å². The van der Waals surface area contributed by atoms with Crippen molar-refractivity contribution in [2.45, 2.75) is 45.9 Å². The fourth-order valence-electron chi connectivity index (χ4n) is 0.862. The molecule has 0 saturated carbocycles. The lowest BCUT2D eigenvalue weighted by molar-refractivity contribution is -0.133. The van der Waals surface area contributed by atoms with Crippen LogP contribution in [0.25, 0.3) is 0 Å². The van der Waals surface area contributed by atoms with Crippen molar-refractivity contribution in [2.24, 2.45) is 5.73 Å². The van der Waals surface area contributed by atoms with Crippen LogP contribution in [-0.4, -0.2) is 29.9 Å². The number of carbonyl (C=O) groups is 2. The number of nitrogens with two attached hydrogens (primary N) is 1. The predicted molar refractivity (Wildman–Crippen MR) is 61.7 cm³/mol. The van der Waals surface area contributed by atoms with Crippen LogP contribution in [0.3, 0.4) is 0 Å². The summed E-state index contributed by atoms with van der Waals surface area (Å²) in [6.45, 7) is 8.56. The highest BCUT2D eigenvalue weighted by Gasteiger charge is 2.34. The van der Waals surface area contributed by atoms with E-state index in [1.807, 2.05) is 0 Å². The Labute approximate surface area is 101 Å². The van der Waals surface area contributed by atoms with Gasteiger partial charge in [-0.15, -0.1) is 0 Å². The molecule has 0 heterocycles. The van der Waals surface area contributed by atoms with Crippen molar-refractivity contribution in [2.75, 3.05) is 6.61 Å². The number of alkyl carbamates (subject to hydrolysis) is 1. The molecular formula is C10H21N3O4. The molecule has 0 spiro atoms. The maximum absolute atomic E-state index is 11.5. The third-order valence-electron chi connectivity index (χ3n) is 1.66. The quantitative estimate of drug-likeness (QED) is 0.477. The van der Waals surface area contributed by atoms with Crippen molar-refractivity contribution < 1.29 is 19.2 Å². The molecule has 0 fully saturated rings. The fraction of sp³-hybridized carbons (Fsp3) is 0.800. The van der Waals surface area contributed by atoms with E-state index < -0.39 is 23.3 Å². The van der Waals surface area contributed by atoms with Crippen LogP contribution < -0.4 is 16.5 Å². The van der Waals surface area contributed by atoms with Crippen LogP contribution in [0.5, 0.6) is 0 Å². The standard InChI is InChI=1S/C10H21N3O4/c1-6-16-13-10(5,7(11)14)12-8(15)17-9(2,3)4/h13H,6H2,1-5H3,(H2,11,14)(H,12,15)/t10-/m0/s1. The maximum Gasteiger partial charge on any atom is 0.409 e. The molecule has 100 valence electrons. The molecule has 17 heavy (non-hydrogen) atoms. The highest BCUT2D eigenvalue weighted by molar-refractivity contribution is 5.87. The number of hydroxylamine groups is 1. The molecule has 7 heteroatoms. The lowest BCUT2D eigenvalue weighted by Crippen LogP contribution is -2.64. The van der Waals surface area contributed by atoms with Gasteiger partial charge < -0.3 is 10.5 Å². The lowest BCUT2D eigenvalue weighted by Gasteiger charge is -2.29. The second-order valence-electron chi connectivity index (χ2n) is 4.65. The topological polar surface area (TPSA) is 103 Å². The first kappa shape index (κ1) is 15.7. The van der Waals surface area contributed by atoms with Gasteiger partial charge in [0.15, 0.2) is 5.66 Å². The molecule has 0 aromatic carbocycles. The number of rotatable bonds is 5. The number of carbonyl (C=O) groups excluding carboxylic acids is 2. The summed E-state index contributed by atoms with van der Waals surface area (Å²) in [5.41, 5.74) is 5.37. The smallest absolute Gasteiger partial charge is 0.409 e. The number of primary amides is 1. The number of hydrogen-bond donors (Lipinski definition) is 3. The van der Waals surface area contributed by atoms with Gasteiger partial charge in [0.05, 0.1) is 6.61 Å². The first-order chi connectivity index (χ1) is 7.60. The van der Waals surface area contributed by atoms with Gasteiger partial charge in [0.25, 0.3) is 5.91 Å². The highest BCUT2D eigenvalue weighted by atomic mass is 16.7. The summed E-state index contributed by atoms with van der Waals surface area (Å²) < 4.78 is 5.01. The Balaban J connectivity index is 4.55. The minimum atomic E-state index is -1.52. The molecule has 0 aromatic rings. The van der Waals surface area contributed by atoms with E-state index in [9.17, 15) is 9.59 Å². The zero-order valence-corrected chi connectivity index (χ0v) is 10.9. The molecule has 4 N–H and O–H groups in total. The lowest BCUT2D eigenvalue weighted by atomic mass is 10.2. The Kier molecular flexibility index (Phi) is 5.37. The molecule has 1 atom stereocenters. The van der Waals surface area contributed by atoms with Crippen LogP contribution in [0.4, 0.5) is 4.79 Å². The third kappa shape index (κ3) is 6.08. The Morgan fingerprint density at radius 3 is 2.12 bits per heavy atom. The number of hydrogen-bond acceptors (Lipinski definition) is 5. The molecule has 0 saturated heterocycles. The van der Waals surface area contributed by atoms with Gasteiger partial charge in [0, 0.05) is 0 Å². The largest absolute Gasteiger partial charge is 0.444 e. The van der Waals surface area contributed by atoms with Gasteiger partial charge >= 0.3 is 6.09 Å². The summed E-state index contributed by atoms with van der Waals surface area (Å²) in [5.74, 6) is -0.781. The van der Waals surface area contributed by atoms with Gasteiger partial charge in [-0.2, -0.15) is 5.48 Å². The fourth-order valence-corrected chi connectivity index (χ4v) is 0.862. The molecule has 2 amide bonds. The first-order valence-electron chi connectivity index (χ1n) is 5.31. The summed E-state index contributed by atoms with van der Waals surface area (Å²) in [5, 5.41) is 2.31. The Bertz CT molecular complexity index is 288. The summed E-state index contributed by atoms with van der Waals surface area (Å²) >= 11 is 0. The van der Waals surface area contributed by atoms with Crippen molar-refractivity contribution in [3.63, 3.8) is 0 Å². The molecule has 0 bridgehead atoms. The maximum atomic E-state index is 11.5. The van der Waals surface area contributed by atoms with Crippen LogP contribution in [0.15, 0.2) is 0 Å². The van der Waals surface area contributed by atoms with Crippen molar-refractivity contribution in [1.29, 1.82) is 0 Å². The van der Waals surface area contributed by atoms with Crippen LogP contribution in [0.1, 0.15) is 34.6 Å². The second-order valence-corrected chi connectivity index (χ2v) is 4.65. The Morgan fingerprint density at radius 1 is 1.24 bits per heavy atom. The normalized spacial score (nSPS) is 14.9. The van der Waals surface area contributed by atoms with E-state index in [-0.39, 0.29) is 0 Å². The molecular weight excluding hydrogens is 226 g/mol. The van der Waals surface area contributed by atoms with E-state index in [2.05, 4.69) is 10.8 Å². The Morgan fingerprint density at radius 2 is 1.76 bits per heavy atom. The monoisotopic (exact) mass is 247 g/mol. The van der Waals surface area contributed by atoms with Crippen molar-refractivity contribution >= 4 is 12.0 Å². The second kappa shape index (κ2) is 5.83. The summed E-state index contributed by atoms with van der Waals surface area (Å²) in [7, 11) is 0. The van der Waals surface area contributed by atoms with Gasteiger partial charge in [-0.1, -0.05) is 0 Å². The zero-order valence-electron chi connectivity index (χ0n) is 10.9. The number of ether oxygens (including phenoxy) is 1. The van der Waals surface area contributed by atoms with Crippen LogP contribution in [0.2, 0.25) is 0 Å². The highest BCUT2D eigenvalue weighted by Crippen LogP contribution is 2.08. The van der Waals surface area contributed by atoms with E-state index in [0.717, 1.165) is 0 Å². The first-order valence-corrected chi connectivity index (χ1v) is 5.31. The predicted octanol–water partition coefficient (Wildman–Crippen LogP) is 0.254. The third-order valence-corrected chi connectivity index (χ3v) is 1.66. The van der Waals surface area contributed by atoms with Gasteiger partial charge in [0.2, 0.25) is 0 Å². The SMILES string of the molecule is CCON[C@](C)(NC(=O)OC(C)(C)C)C(N)=O. The molecule has 0 rings (SSSR count). The minimum Gasteiger partial charge on any atom is -0.444 e. The molecule has 7 nitrogen and oxygen atoms in total. The van der Waals surface area contributed by atoms with Crippen molar-refractivity contribution in [1.82, 2.24) is 10.8 Å². The molecule has 0 aromatic heterocycles. The van der Waals surface area contributed by atoms with Crippen LogP contribution in [0, 0.1) is 0 Å². The van der Waals surface area contributed by atoms with Gasteiger partial charge in [0.1, 0.15) is 5.60 Å². The van der Waals surface area contributed by atoms with Gasteiger partial charge in [-0.3, -0.25) is 14.9 Å². The molecule has 0 aliphatic carbocycles.